The Hall–Kier alpha value is -2.73. The highest BCUT2D eigenvalue weighted by atomic mass is 32.1. The fraction of sp³-hybridized carbons (Fsp3) is 0.450. The van der Waals surface area contributed by atoms with Gasteiger partial charge in [-0.15, -0.1) is 11.3 Å². The average molecular weight is 471 g/mol. The molecule has 2 atom stereocenters. The molecule has 0 aliphatic heterocycles. The Labute approximate surface area is 184 Å². The van der Waals surface area contributed by atoms with Gasteiger partial charge in [-0.1, -0.05) is 6.92 Å². The molecular formula is C20H21F4N5O2S. The Morgan fingerprint density at radius 1 is 1.41 bits per heavy atom. The Morgan fingerprint density at radius 3 is 2.88 bits per heavy atom. The summed E-state index contributed by atoms with van der Waals surface area (Å²) in [5.41, 5.74) is 7.49. The number of aryl methyl sites for hydroxylation is 1. The number of alkyl halides is 4. The molecule has 12 heteroatoms. The van der Waals surface area contributed by atoms with Gasteiger partial charge in [0.2, 0.25) is 0 Å². The fourth-order valence-electron chi connectivity index (χ4n) is 3.88. The Kier molecular flexibility index (Phi) is 6.08. The first-order valence-corrected chi connectivity index (χ1v) is 10.9. The summed E-state index contributed by atoms with van der Waals surface area (Å²) in [6.07, 6.45) is 4.93. The molecule has 172 valence electrons. The minimum absolute atomic E-state index is 0.145. The zero-order valence-electron chi connectivity index (χ0n) is 17.0. The number of amides is 1. The van der Waals surface area contributed by atoms with Crippen LogP contribution in [-0.2, 0) is 6.42 Å². The van der Waals surface area contributed by atoms with E-state index in [4.69, 9.17) is 5.73 Å². The van der Waals surface area contributed by atoms with Crippen LogP contribution in [0.5, 0.6) is 5.75 Å². The predicted octanol–water partition coefficient (Wildman–Crippen LogP) is 3.87. The molecule has 0 aromatic carbocycles. The lowest BCUT2D eigenvalue weighted by Crippen LogP contribution is -2.59. The molecule has 1 fully saturated rings. The van der Waals surface area contributed by atoms with E-state index in [2.05, 4.69) is 20.1 Å². The van der Waals surface area contributed by atoms with Crippen LogP contribution in [0.2, 0.25) is 0 Å². The van der Waals surface area contributed by atoms with Crippen LogP contribution in [0.25, 0.3) is 16.8 Å². The number of ether oxygens (including phenoxy) is 1. The monoisotopic (exact) mass is 471 g/mol. The van der Waals surface area contributed by atoms with Crippen LogP contribution in [0.3, 0.4) is 0 Å². The lowest BCUT2D eigenvalue weighted by Gasteiger charge is -2.36. The number of halogens is 4. The van der Waals surface area contributed by atoms with Crippen molar-refractivity contribution in [2.45, 2.75) is 57.2 Å². The molecule has 0 unspecified atom stereocenters. The molecule has 3 aromatic rings. The standard InChI is InChI=1S/C20H21F4N5O2S/c1-2-14-11(12-8-27-29-9-10(31-19(21)22)7-26-17(12)29)6-15(32-14)18(30)28-16-13(25)4-3-5-20(16,23)24/h6-9,13,16,19H,2-5,25H2,1H3,(H,28,30)/t13-,16+/m0/s1. The number of hydrogen-bond donors (Lipinski definition) is 2. The van der Waals surface area contributed by atoms with E-state index in [1.165, 1.54) is 28.2 Å². The number of carbonyl (C=O) groups excluding carboxylic acids is 1. The summed E-state index contributed by atoms with van der Waals surface area (Å²) in [5.74, 6) is -3.83. The van der Waals surface area contributed by atoms with Crippen molar-refractivity contribution in [3.05, 3.63) is 34.4 Å². The molecule has 1 saturated carbocycles. The van der Waals surface area contributed by atoms with Crippen molar-refractivity contribution in [2.24, 2.45) is 5.73 Å². The van der Waals surface area contributed by atoms with Gasteiger partial charge < -0.3 is 15.8 Å². The molecule has 1 amide bonds. The van der Waals surface area contributed by atoms with Crippen molar-refractivity contribution in [3.63, 3.8) is 0 Å². The number of rotatable bonds is 6. The number of fused-ring (bicyclic) bond motifs is 1. The van der Waals surface area contributed by atoms with Gasteiger partial charge in [-0.3, -0.25) is 4.79 Å². The minimum atomic E-state index is -3.06. The van der Waals surface area contributed by atoms with Crippen LogP contribution >= 0.6 is 11.3 Å². The quantitative estimate of drug-likeness (QED) is 0.533. The Bertz CT molecular complexity index is 1130. The third-order valence-corrected chi connectivity index (χ3v) is 6.70. The van der Waals surface area contributed by atoms with E-state index in [-0.39, 0.29) is 17.0 Å². The maximum atomic E-state index is 14.3. The van der Waals surface area contributed by atoms with E-state index in [1.54, 1.807) is 6.07 Å². The second kappa shape index (κ2) is 8.66. The third kappa shape index (κ3) is 4.29. The molecular weight excluding hydrogens is 450 g/mol. The number of aromatic nitrogens is 3. The number of nitrogens with one attached hydrogen (secondary N) is 1. The summed E-state index contributed by atoms with van der Waals surface area (Å²) in [6.45, 7) is -1.09. The highest BCUT2D eigenvalue weighted by Gasteiger charge is 2.46. The molecule has 32 heavy (non-hydrogen) atoms. The molecule has 1 aliphatic carbocycles. The van der Waals surface area contributed by atoms with Gasteiger partial charge in [0.15, 0.2) is 11.4 Å². The van der Waals surface area contributed by atoms with Crippen LogP contribution in [-0.4, -0.2) is 45.1 Å². The molecule has 3 heterocycles. The Balaban J connectivity index is 1.63. The topological polar surface area (TPSA) is 94.5 Å². The molecule has 1 aliphatic rings. The smallest absolute Gasteiger partial charge is 0.387 e. The zero-order valence-corrected chi connectivity index (χ0v) is 17.8. The maximum absolute atomic E-state index is 14.3. The Morgan fingerprint density at radius 2 is 2.19 bits per heavy atom. The molecule has 0 spiro atoms. The molecule has 0 bridgehead atoms. The summed E-state index contributed by atoms with van der Waals surface area (Å²) >= 11 is 1.19. The van der Waals surface area contributed by atoms with Crippen molar-refractivity contribution >= 4 is 22.9 Å². The molecule has 4 rings (SSSR count). The average Bonchev–Trinajstić information content (AvgIpc) is 3.33. The van der Waals surface area contributed by atoms with Crippen molar-refractivity contribution in [2.75, 3.05) is 0 Å². The first-order chi connectivity index (χ1) is 15.2. The third-order valence-electron chi connectivity index (χ3n) is 5.42. The van der Waals surface area contributed by atoms with Gasteiger partial charge in [0.05, 0.1) is 23.5 Å². The summed E-state index contributed by atoms with van der Waals surface area (Å²) in [6, 6.07) is -0.638. The SMILES string of the molecule is CCc1sc(C(=O)N[C@@H]2[C@@H](N)CCCC2(F)F)cc1-c1cnn2cc(OC(F)F)cnc12. The minimum Gasteiger partial charge on any atom is -0.432 e. The van der Waals surface area contributed by atoms with E-state index in [1.807, 2.05) is 6.92 Å². The molecule has 0 saturated heterocycles. The molecule has 7 nitrogen and oxygen atoms in total. The van der Waals surface area contributed by atoms with Gasteiger partial charge in [0, 0.05) is 28.5 Å². The number of thiophene rings is 1. The van der Waals surface area contributed by atoms with Gasteiger partial charge in [-0.2, -0.15) is 13.9 Å². The summed E-state index contributed by atoms with van der Waals surface area (Å²) < 4.78 is 59.1. The van der Waals surface area contributed by atoms with E-state index < -0.39 is 30.5 Å². The molecule has 0 radical (unpaired) electrons. The van der Waals surface area contributed by atoms with Gasteiger partial charge in [-0.25, -0.2) is 18.3 Å². The summed E-state index contributed by atoms with van der Waals surface area (Å²) in [7, 11) is 0. The normalized spacial score (nSPS) is 20.6. The highest BCUT2D eigenvalue weighted by Crippen LogP contribution is 2.36. The number of nitrogens with zero attached hydrogens (tertiary/aromatic N) is 3. The molecule has 3 aromatic heterocycles. The van der Waals surface area contributed by atoms with Crippen LogP contribution in [0, 0.1) is 0 Å². The molecule has 3 N–H and O–H groups in total. The number of nitrogens with two attached hydrogens (primary N) is 1. The van der Waals surface area contributed by atoms with Crippen LogP contribution in [0.15, 0.2) is 24.7 Å². The zero-order chi connectivity index (χ0) is 23.0. The first kappa shape index (κ1) is 22.5. The van der Waals surface area contributed by atoms with Gasteiger partial charge in [-0.05, 0) is 25.3 Å². The number of carbonyl (C=O) groups is 1. The van der Waals surface area contributed by atoms with Crippen molar-refractivity contribution in [1.82, 2.24) is 19.9 Å². The second-order valence-corrected chi connectivity index (χ2v) is 8.70. The van der Waals surface area contributed by atoms with Crippen LogP contribution in [0.1, 0.15) is 40.7 Å². The van der Waals surface area contributed by atoms with Gasteiger partial charge in [0.1, 0.15) is 6.04 Å². The largest absolute Gasteiger partial charge is 0.432 e. The van der Waals surface area contributed by atoms with Gasteiger partial charge in [0.25, 0.3) is 11.8 Å². The number of hydrogen-bond acceptors (Lipinski definition) is 6. The lowest BCUT2D eigenvalue weighted by atomic mass is 9.87. The van der Waals surface area contributed by atoms with Crippen molar-refractivity contribution in [3.8, 4) is 16.9 Å². The fourth-order valence-corrected chi connectivity index (χ4v) is 4.89. The van der Waals surface area contributed by atoms with Crippen molar-refractivity contribution in [1.29, 1.82) is 0 Å². The maximum Gasteiger partial charge on any atom is 0.387 e. The predicted molar refractivity (Wildman–Crippen MR) is 110 cm³/mol. The van der Waals surface area contributed by atoms with E-state index in [0.717, 1.165) is 11.1 Å². The van der Waals surface area contributed by atoms with E-state index in [9.17, 15) is 22.4 Å². The van der Waals surface area contributed by atoms with E-state index >= 15 is 0 Å². The first-order valence-electron chi connectivity index (χ1n) is 10.0. The van der Waals surface area contributed by atoms with Crippen LogP contribution in [0.4, 0.5) is 17.6 Å². The summed E-state index contributed by atoms with van der Waals surface area (Å²) in [5, 5.41) is 6.55. The van der Waals surface area contributed by atoms with Gasteiger partial charge >= 0.3 is 6.61 Å². The summed E-state index contributed by atoms with van der Waals surface area (Å²) in [4.78, 5) is 18.0. The van der Waals surface area contributed by atoms with E-state index in [0.29, 0.717) is 36.0 Å². The lowest BCUT2D eigenvalue weighted by molar-refractivity contribution is -0.0674. The highest BCUT2D eigenvalue weighted by molar-refractivity contribution is 7.14. The van der Waals surface area contributed by atoms with Crippen LogP contribution < -0.4 is 15.8 Å². The second-order valence-electron chi connectivity index (χ2n) is 7.56. The van der Waals surface area contributed by atoms with Crippen molar-refractivity contribution < 1.29 is 27.1 Å².